The quantitative estimate of drug-likeness (QED) is 0.0320. The Bertz CT molecular complexity index is 1190. The van der Waals surface area contributed by atoms with Crippen LogP contribution < -0.4 is 5.32 Å². The Labute approximate surface area is 475 Å². The molecule has 0 fully saturated rings. The molecule has 0 bridgehead atoms. The van der Waals surface area contributed by atoms with Gasteiger partial charge in [0.05, 0.1) is 25.4 Å². The van der Waals surface area contributed by atoms with Crippen LogP contribution in [0.3, 0.4) is 0 Å². The van der Waals surface area contributed by atoms with Crippen molar-refractivity contribution >= 4 is 11.9 Å². The zero-order chi connectivity index (χ0) is 55.0. The van der Waals surface area contributed by atoms with E-state index in [1.807, 2.05) is 0 Å². The Hall–Kier alpha value is -1.66. The van der Waals surface area contributed by atoms with Gasteiger partial charge in [0, 0.05) is 12.8 Å². The number of hydrogen-bond donors (Lipinski definition) is 3. The van der Waals surface area contributed by atoms with Gasteiger partial charge in [-0.15, -0.1) is 0 Å². The molecule has 2 atom stereocenters. The maximum Gasteiger partial charge on any atom is 0.305 e. The monoisotopic (exact) mass is 1070 g/mol. The van der Waals surface area contributed by atoms with E-state index in [9.17, 15) is 19.8 Å². The lowest BCUT2D eigenvalue weighted by atomic mass is 10.0. The highest BCUT2D eigenvalue weighted by atomic mass is 16.5. The van der Waals surface area contributed by atoms with Crippen molar-refractivity contribution in [1.82, 2.24) is 5.32 Å². The molecule has 0 aliphatic rings. The van der Waals surface area contributed by atoms with Crippen molar-refractivity contribution in [2.75, 3.05) is 13.2 Å². The molecule has 6 heteroatoms. The van der Waals surface area contributed by atoms with Crippen LogP contribution in [0.1, 0.15) is 386 Å². The van der Waals surface area contributed by atoms with E-state index in [-0.39, 0.29) is 18.5 Å². The molecule has 0 radical (unpaired) electrons. The molecule has 0 aromatic rings. The van der Waals surface area contributed by atoms with E-state index < -0.39 is 12.1 Å². The van der Waals surface area contributed by atoms with E-state index in [1.165, 1.54) is 308 Å². The second-order valence-corrected chi connectivity index (χ2v) is 23.9. The Morgan fingerprint density at radius 3 is 0.947 bits per heavy atom. The number of ether oxygens (including phenoxy) is 1. The molecule has 0 saturated carbocycles. The van der Waals surface area contributed by atoms with E-state index in [4.69, 9.17) is 4.74 Å². The fourth-order valence-electron chi connectivity index (χ4n) is 10.9. The minimum atomic E-state index is -0.661. The minimum absolute atomic E-state index is 0.00936. The highest BCUT2D eigenvalue weighted by molar-refractivity contribution is 5.76. The molecular formula is C70H135NO5. The number of carbonyl (C=O) groups excluding carboxylic acids is 2. The van der Waals surface area contributed by atoms with Crippen molar-refractivity contribution < 1.29 is 24.5 Å². The summed E-state index contributed by atoms with van der Waals surface area (Å²) >= 11 is 0. The zero-order valence-electron chi connectivity index (χ0n) is 51.5. The predicted molar refractivity (Wildman–Crippen MR) is 333 cm³/mol. The number of esters is 1. The number of unbranched alkanes of at least 4 members (excludes halogenated alkanes) is 50. The standard InChI is InChI=1S/C70H135NO5/c1-3-5-7-9-11-13-15-17-39-42-46-50-54-58-62-68(73)67(66-72)71-69(74)63-59-55-51-47-43-40-36-34-32-30-28-26-24-22-20-18-19-21-23-25-27-29-31-33-35-37-41-45-49-53-57-61-65-76-70(75)64-60-56-52-48-44-38-16-14-12-10-8-6-4-2/h14,16,21,23,67-68,72-73H,3-13,15,17-20,22,24-66H2,1-2H3,(H,71,74)/b16-14-,23-21-. The topological polar surface area (TPSA) is 95.9 Å². The number of carbonyl (C=O) groups is 2. The first-order valence-electron chi connectivity index (χ1n) is 34.6. The van der Waals surface area contributed by atoms with Crippen LogP contribution in [0.15, 0.2) is 24.3 Å². The Balaban J connectivity index is 3.34. The molecule has 0 heterocycles. The Kier molecular flexibility index (Phi) is 64.4. The lowest BCUT2D eigenvalue weighted by molar-refractivity contribution is -0.143. The summed E-state index contributed by atoms with van der Waals surface area (Å²) in [6, 6.07) is -0.538. The van der Waals surface area contributed by atoms with Crippen molar-refractivity contribution in [3.05, 3.63) is 24.3 Å². The first kappa shape index (κ1) is 74.3. The molecule has 0 rings (SSSR count). The molecule has 0 spiro atoms. The van der Waals surface area contributed by atoms with E-state index in [0.29, 0.717) is 25.9 Å². The number of allylic oxidation sites excluding steroid dienone is 4. The van der Waals surface area contributed by atoms with Crippen LogP contribution in [0.25, 0.3) is 0 Å². The lowest BCUT2D eigenvalue weighted by Gasteiger charge is -2.22. The number of amides is 1. The fraction of sp³-hybridized carbons (Fsp3) is 0.914. The molecule has 450 valence electrons. The number of rotatable bonds is 65. The van der Waals surface area contributed by atoms with Crippen molar-refractivity contribution in [3.63, 3.8) is 0 Å². The Morgan fingerprint density at radius 1 is 0.355 bits per heavy atom. The highest BCUT2D eigenvalue weighted by Gasteiger charge is 2.20. The van der Waals surface area contributed by atoms with Gasteiger partial charge in [0.25, 0.3) is 0 Å². The molecule has 76 heavy (non-hydrogen) atoms. The third kappa shape index (κ3) is 61.6. The predicted octanol–water partition coefficient (Wildman–Crippen LogP) is 22.1. The van der Waals surface area contributed by atoms with Crippen LogP contribution in [0.5, 0.6) is 0 Å². The van der Waals surface area contributed by atoms with Gasteiger partial charge in [-0.2, -0.15) is 0 Å². The number of hydrogen-bond acceptors (Lipinski definition) is 5. The molecule has 0 saturated heterocycles. The molecule has 1 amide bonds. The number of aliphatic hydroxyl groups excluding tert-OH is 2. The molecule has 0 aliphatic heterocycles. The summed E-state index contributed by atoms with van der Waals surface area (Å²) in [7, 11) is 0. The summed E-state index contributed by atoms with van der Waals surface area (Å²) < 4.78 is 5.48. The van der Waals surface area contributed by atoms with Crippen LogP contribution in [-0.4, -0.2) is 47.4 Å². The van der Waals surface area contributed by atoms with Crippen LogP contribution in [0.4, 0.5) is 0 Å². The maximum atomic E-state index is 12.5. The van der Waals surface area contributed by atoms with Gasteiger partial charge in [-0.05, 0) is 77.0 Å². The van der Waals surface area contributed by atoms with Gasteiger partial charge in [0.2, 0.25) is 5.91 Å². The summed E-state index contributed by atoms with van der Waals surface area (Å²) in [6.45, 7) is 4.96. The van der Waals surface area contributed by atoms with Crippen molar-refractivity contribution in [2.45, 2.75) is 398 Å². The van der Waals surface area contributed by atoms with Crippen molar-refractivity contribution in [3.8, 4) is 0 Å². The van der Waals surface area contributed by atoms with E-state index in [2.05, 4.69) is 43.5 Å². The molecule has 0 aromatic carbocycles. The van der Waals surface area contributed by atoms with Gasteiger partial charge in [0.15, 0.2) is 0 Å². The average Bonchev–Trinajstić information content (AvgIpc) is 3.42. The average molecular weight is 1070 g/mol. The molecule has 6 nitrogen and oxygen atoms in total. The SMILES string of the molecule is CCCCCC/C=C\CCCCCCCC(=O)OCCCCCCCCCCCCCC/C=C\CCCCCCCCCCCCCCCCCCC(=O)NC(CO)C(O)CCCCCCCCCCCCCCCC. The van der Waals surface area contributed by atoms with Crippen molar-refractivity contribution in [1.29, 1.82) is 0 Å². The molecule has 0 aliphatic carbocycles. The van der Waals surface area contributed by atoms with Gasteiger partial charge < -0.3 is 20.3 Å². The van der Waals surface area contributed by atoms with Gasteiger partial charge in [-0.1, -0.05) is 321 Å². The summed E-state index contributed by atoms with van der Waals surface area (Å²) in [6.07, 6.45) is 82.3. The summed E-state index contributed by atoms with van der Waals surface area (Å²) in [4.78, 5) is 24.5. The van der Waals surface area contributed by atoms with Crippen LogP contribution in [0.2, 0.25) is 0 Å². The van der Waals surface area contributed by atoms with Crippen LogP contribution >= 0.6 is 0 Å². The van der Waals surface area contributed by atoms with Gasteiger partial charge >= 0.3 is 5.97 Å². The zero-order valence-corrected chi connectivity index (χ0v) is 51.5. The van der Waals surface area contributed by atoms with Gasteiger partial charge in [-0.25, -0.2) is 0 Å². The first-order valence-corrected chi connectivity index (χ1v) is 34.6. The smallest absolute Gasteiger partial charge is 0.305 e. The second-order valence-electron chi connectivity index (χ2n) is 23.9. The largest absolute Gasteiger partial charge is 0.466 e. The third-order valence-corrected chi connectivity index (χ3v) is 16.2. The maximum absolute atomic E-state index is 12.5. The first-order chi connectivity index (χ1) is 37.5. The molecule has 2 unspecified atom stereocenters. The van der Waals surface area contributed by atoms with Crippen LogP contribution in [0, 0.1) is 0 Å². The summed E-state index contributed by atoms with van der Waals surface area (Å²) in [5, 5.41) is 23.3. The highest BCUT2D eigenvalue weighted by Crippen LogP contribution is 2.18. The van der Waals surface area contributed by atoms with Crippen molar-refractivity contribution in [2.24, 2.45) is 0 Å². The normalized spacial score (nSPS) is 12.6. The Morgan fingerprint density at radius 2 is 0.618 bits per heavy atom. The molecule has 0 aromatic heterocycles. The van der Waals surface area contributed by atoms with Gasteiger partial charge in [0.1, 0.15) is 0 Å². The molecular weight excluding hydrogens is 935 g/mol. The van der Waals surface area contributed by atoms with Crippen LogP contribution in [-0.2, 0) is 14.3 Å². The summed E-state index contributed by atoms with van der Waals surface area (Å²) in [5.74, 6) is -0.0206. The fourth-order valence-corrected chi connectivity index (χ4v) is 10.9. The van der Waals surface area contributed by atoms with Gasteiger partial charge in [-0.3, -0.25) is 9.59 Å². The number of nitrogens with one attached hydrogen (secondary N) is 1. The molecule has 3 N–H and O–H groups in total. The second kappa shape index (κ2) is 65.9. The third-order valence-electron chi connectivity index (χ3n) is 16.2. The van der Waals surface area contributed by atoms with E-state index in [1.54, 1.807) is 0 Å². The number of aliphatic hydroxyl groups is 2. The lowest BCUT2D eigenvalue weighted by Crippen LogP contribution is -2.45. The summed E-state index contributed by atoms with van der Waals surface area (Å²) in [5.41, 5.74) is 0. The van der Waals surface area contributed by atoms with E-state index >= 15 is 0 Å². The van der Waals surface area contributed by atoms with E-state index in [0.717, 1.165) is 44.9 Å². The minimum Gasteiger partial charge on any atom is -0.466 e.